The van der Waals surface area contributed by atoms with Crippen LogP contribution in [-0.2, 0) is 65.4 Å². The number of phosphoric ester groups is 2. The molecule has 0 amide bonds. The van der Waals surface area contributed by atoms with Crippen molar-refractivity contribution in [3.63, 3.8) is 0 Å². The topological polar surface area (TPSA) is 237 Å². The fraction of sp³-hybridized carbons (Fsp3) is 0.926. The molecule has 100 heavy (non-hydrogen) atoms. The molecule has 0 heterocycles. The SMILES string of the molecule is CCCCCCCC/C=C\CCCCCCCC(=O)O[C@H](COC(=O)CCCCCCCCCCCCCCCCCCC)COP(=O)(O)OC[C@@H](O)COP(=O)(O)OC[C@@H](COC(=O)CCCCCCCCCCCCCCC)OC(=O)CCCCCCCCCCCCCCCCC. The van der Waals surface area contributed by atoms with Crippen LogP contribution < -0.4 is 0 Å². The second-order valence-corrected chi connectivity index (χ2v) is 31.7. The lowest BCUT2D eigenvalue weighted by atomic mass is 10.0. The van der Waals surface area contributed by atoms with Crippen molar-refractivity contribution >= 4 is 39.5 Å². The summed E-state index contributed by atoms with van der Waals surface area (Å²) in [5, 5.41) is 10.6. The Bertz CT molecular complexity index is 1940. The van der Waals surface area contributed by atoms with Gasteiger partial charge in [0.25, 0.3) is 0 Å². The van der Waals surface area contributed by atoms with Gasteiger partial charge in [-0.15, -0.1) is 0 Å². The fourth-order valence-electron chi connectivity index (χ4n) is 12.3. The normalized spacial score (nSPS) is 13.9. The van der Waals surface area contributed by atoms with Crippen LogP contribution in [0.4, 0.5) is 0 Å². The third-order valence-electron chi connectivity index (χ3n) is 18.8. The van der Waals surface area contributed by atoms with E-state index in [1.807, 2.05) is 0 Å². The molecule has 0 fully saturated rings. The molecule has 0 spiro atoms. The maximum absolute atomic E-state index is 13.1. The highest BCUT2D eigenvalue weighted by Crippen LogP contribution is 2.45. The standard InChI is InChI=1S/C81H156O17P2/c1-5-9-13-17-21-25-29-33-36-37-40-42-46-50-54-58-62-66-79(84)92-72-77(98-81(86)68-64-60-56-52-48-44-39-35-31-27-23-19-15-11-7-3)74-96-100(89,90)94-70-75(82)69-93-99(87,88)95-73-76(71-91-78(83)65-61-57-53-49-45-41-32-28-24-20-16-12-8-4)97-80(85)67-63-59-55-51-47-43-38-34-30-26-22-18-14-10-6-2/h35,39,75-77,82H,5-34,36-38,40-74H2,1-4H3,(H,87,88)(H,89,90)/b39-35-/t75-,76+,77+/m0/s1. The van der Waals surface area contributed by atoms with Crippen molar-refractivity contribution in [2.75, 3.05) is 39.6 Å². The number of ether oxygens (including phenoxy) is 4. The van der Waals surface area contributed by atoms with Gasteiger partial charge in [-0.05, 0) is 51.4 Å². The summed E-state index contributed by atoms with van der Waals surface area (Å²) in [6, 6.07) is 0. The number of hydrogen-bond donors (Lipinski definition) is 3. The molecule has 0 aliphatic carbocycles. The Hall–Kier alpha value is -2.20. The highest BCUT2D eigenvalue weighted by atomic mass is 31.2. The van der Waals surface area contributed by atoms with Crippen molar-refractivity contribution < 1.29 is 80.2 Å². The molecule has 2 unspecified atom stereocenters. The summed E-state index contributed by atoms with van der Waals surface area (Å²) in [6.07, 6.45) is 68.9. The first-order chi connectivity index (χ1) is 48.7. The molecule has 0 aromatic rings. The molecule has 0 bridgehead atoms. The van der Waals surface area contributed by atoms with Crippen LogP contribution in [0.2, 0.25) is 0 Å². The van der Waals surface area contributed by atoms with Gasteiger partial charge in [0.2, 0.25) is 0 Å². The molecule has 17 nitrogen and oxygen atoms in total. The van der Waals surface area contributed by atoms with Gasteiger partial charge in [0.05, 0.1) is 26.4 Å². The first-order valence-electron chi connectivity index (χ1n) is 41.9. The van der Waals surface area contributed by atoms with Crippen LogP contribution in [-0.4, -0.2) is 96.7 Å². The predicted molar refractivity (Wildman–Crippen MR) is 409 cm³/mol. The summed E-state index contributed by atoms with van der Waals surface area (Å²) < 4.78 is 68.7. The van der Waals surface area contributed by atoms with E-state index in [0.29, 0.717) is 25.7 Å². The van der Waals surface area contributed by atoms with Gasteiger partial charge < -0.3 is 33.8 Å². The van der Waals surface area contributed by atoms with Crippen molar-refractivity contribution in [1.82, 2.24) is 0 Å². The Kier molecular flexibility index (Phi) is 73.4. The number of unbranched alkanes of at least 4 members (excludes halogenated alkanes) is 53. The maximum Gasteiger partial charge on any atom is 0.472 e. The zero-order valence-electron chi connectivity index (χ0n) is 64.9. The number of allylic oxidation sites excluding steroid dienone is 2. The lowest BCUT2D eigenvalue weighted by Gasteiger charge is -2.21. The molecule has 0 aliphatic rings. The minimum atomic E-state index is -4.96. The van der Waals surface area contributed by atoms with E-state index in [1.54, 1.807) is 0 Å². The second kappa shape index (κ2) is 75.0. The van der Waals surface area contributed by atoms with E-state index in [1.165, 1.54) is 244 Å². The Morgan fingerprint density at radius 1 is 0.270 bits per heavy atom. The van der Waals surface area contributed by atoms with Crippen LogP contribution in [0, 0.1) is 0 Å². The summed E-state index contributed by atoms with van der Waals surface area (Å²) in [5.74, 6) is -2.12. The van der Waals surface area contributed by atoms with Crippen LogP contribution in [0.1, 0.15) is 426 Å². The first kappa shape index (κ1) is 97.8. The van der Waals surface area contributed by atoms with E-state index in [2.05, 4.69) is 39.8 Å². The minimum Gasteiger partial charge on any atom is -0.462 e. The summed E-state index contributed by atoms with van der Waals surface area (Å²) in [5.41, 5.74) is 0. The summed E-state index contributed by atoms with van der Waals surface area (Å²) in [6.45, 7) is 5.01. The molecule has 3 N–H and O–H groups in total. The minimum absolute atomic E-state index is 0.0954. The van der Waals surface area contributed by atoms with Crippen molar-refractivity contribution in [2.45, 2.75) is 444 Å². The van der Waals surface area contributed by atoms with Crippen LogP contribution in [0.15, 0.2) is 12.2 Å². The van der Waals surface area contributed by atoms with E-state index in [4.69, 9.17) is 37.0 Å². The predicted octanol–water partition coefficient (Wildman–Crippen LogP) is 24.3. The van der Waals surface area contributed by atoms with Gasteiger partial charge in [0, 0.05) is 25.7 Å². The highest BCUT2D eigenvalue weighted by Gasteiger charge is 2.30. The van der Waals surface area contributed by atoms with E-state index in [0.717, 1.165) is 103 Å². The Balaban J connectivity index is 5.28. The molecule has 0 aromatic carbocycles. The molecule has 0 rings (SSSR count). The number of hydrogen-bond acceptors (Lipinski definition) is 15. The number of carbonyl (C=O) groups is 4. The maximum atomic E-state index is 13.1. The third kappa shape index (κ3) is 74.1. The zero-order valence-corrected chi connectivity index (χ0v) is 66.7. The number of aliphatic hydroxyl groups excluding tert-OH is 1. The Morgan fingerprint density at radius 2 is 0.460 bits per heavy atom. The number of rotatable bonds is 81. The van der Waals surface area contributed by atoms with Gasteiger partial charge in [-0.2, -0.15) is 0 Å². The van der Waals surface area contributed by atoms with Crippen molar-refractivity contribution in [3.8, 4) is 0 Å². The van der Waals surface area contributed by atoms with Crippen LogP contribution in [0.3, 0.4) is 0 Å². The average Bonchev–Trinajstić information content (AvgIpc) is 0.942. The average molecular weight is 1460 g/mol. The van der Waals surface area contributed by atoms with E-state index < -0.39 is 97.5 Å². The molecular weight excluding hydrogens is 1310 g/mol. The molecule has 5 atom stereocenters. The molecule has 19 heteroatoms. The van der Waals surface area contributed by atoms with Crippen molar-refractivity contribution in [3.05, 3.63) is 12.2 Å². The fourth-order valence-corrected chi connectivity index (χ4v) is 13.9. The van der Waals surface area contributed by atoms with Gasteiger partial charge >= 0.3 is 39.5 Å². The van der Waals surface area contributed by atoms with E-state index in [9.17, 15) is 43.2 Å². The molecule has 0 aliphatic heterocycles. The summed E-state index contributed by atoms with van der Waals surface area (Å²) >= 11 is 0. The van der Waals surface area contributed by atoms with E-state index in [-0.39, 0.29) is 25.7 Å². The molecule has 0 aromatic heterocycles. The first-order valence-corrected chi connectivity index (χ1v) is 44.9. The smallest absolute Gasteiger partial charge is 0.462 e. The lowest BCUT2D eigenvalue weighted by Crippen LogP contribution is -2.30. The van der Waals surface area contributed by atoms with Gasteiger partial charge in [-0.3, -0.25) is 37.3 Å². The number of aliphatic hydroxyl groups is 1. The number of carbonyl (C=O) groups excluding carboxylic acids is 4. The largest absolute Gasteiger partial charge is 0.472 e. The van der Waals surface area contributed by atoms with Crippen LogP contribution >= 0.6 is 15.6 Å². The van der Waals surface area contributed by atoms with Crippen molar-refractivity contribution in [2.24, 2.45) is 0 Å². The highest BCUT2D eigenvalue weighted by molar-refractivity contribution is 7.47. The number of esters is 4. The van der Waals surface area contributed by atoms with Crippen molar-refractivity contribution in [1.29, 1.82) is 0 Å². The third-order valence-corrected chi connectivity index (χ3v) is 20.7. The lowest BCUT2D eigenvalue weighted by molar-refractivity contribution is -0.161. The summed E-state index contributed by atoms with van der Waals surface area (Å²) in [4.78, 5) is 73.1. The Morgan fingerprint density at radius 3 is 0.690 bits per heavy atom. The van der Waals surface area contributed by atoms with Gasteiger partial charge in [0.1, 0.15) is 19.3 Å². The molecule has 0 radical (unpaired) electrons. The van der Waals surface area contributed by atoms with Gasteiger partial charge in [-0.1, -0.05) is 361 Å². The van der Waals surface area contributed by atoms with E-state index >= 15 is 0 Å². The van der Waals surface area contributed by atoms with Gasteiger partial charge in [-0.25, -0.2) is 9.13 Å². The van der Waals surface area contributed by atoms with Crippen LogP contribution in [0.5, 0.6) is 0 Å². The van der Waals surface area contributed by atoms with Gasteiger partial charge in [0.15, 0.2) is 12.2 Å². The van der Waals surface area contributed by atoms with Crippen LogP contribution in [0.25, 0.3) is 0 Å². The quantitative estimate of drug-likeness (QED) is 0.0169. The molecule has 0 saturated heterocycles. The monoisotopic (exact) mass is 1460 g/mol. The number of phosphoric acid groups is 2. The second-order valence-electron chi connectivity index (χ2n) is 28.8. The summed E-state index contributed by atoms with van der Waals surface area (Å²) in [7, 11) is -9.93. The molecule has 592 valence electrons. The zero-order chi connectivity index (χ0) is 73.2. The molecule has 0 saturated carbocycles. The Labute approximate surface area is 612 Å². The molecular formula is C81H156O17P2.